The van der Waals surface area contributed by atoms with Crippen LogP contribution in [0.1, 0.15) is 5.82 Å². The number of ether oxygens (including phenoxy) is 1. The third kappa shape index (κ3) is 2.51. The Morgan fingerprint density at radius 2 is 2.00 bits per heavy atom. The van der Waals surface area contributed by atoms with Crippen molar-refractivity contribution in [1.82, 2.24) is 14.5 Å². The molecule has 2 heterocycles. The number of hydrogen-bond donors (Lipinski definition) is 1. The highest BCUT2D eigenvalue weighted by atomic mass is 32.1. The van der Waals surface area contributed by atoms with E-state index < -0.39 is 0 Å². The quantitative estimate of drug-likeness (QED) is 0.620. The molecule has 0 unspecified atom stereocenters. The number of nitrogens with zero attached hydrogens (tertiary/aromatic N) is 3. The van der Waals surface area contributed by atoms with Crippen molar-refractivity contribution in [3.63, 3.8) is 0 Å². The minimum absolute atomic E-state index is 0.641. The molecule has 0 bridgehead atoms. The predicted molar refractivity (Wildman–Crippen MR) is 94.2 cm³/mol. The summed E-state index contributed by atoms with van der Waals surface area (Å²) in [6.07, 6.45) is 0. The molecule has 0 spiro atoms. The lowest BCUT2D eigenvalue weighted by Gasteiger charge is -2.03. The largest absolute Gasteiger partial charge is 0.497 e. The standard InChI is InChI=1S/C17H16N4OS/c1-21-14-6-4-3-5-12(14)19-16(21)10-18-17-20-13-8-7-11(22-2)9-15(13)23-17/h3-9H,10H2,1-2H3,(H,18,20). The summed E-state index contributed by atoms with van der Waals surface area (Å²) >= 11 is 1.62. The smallest absolute Gasteiger partial charge is 0.184 e. The lowest BCUT2D eigenvalue weighted by Crippen LogP contribution is -2.05. The Kier molecular flexibility index (Phi) is 3.38. The van der Waals surface area contributed by atoms with Gasteiger partial charge in [-0.1, -0.05) is 23.5 Å². The molecule has 0 aliphatic carbocycles. The van der Waals surface area contributed by atoms with Crippen molar-refractivity contribution < 1.29 is 4.74 Å². The monoisotopic (exact) mass is 324 g/mol. The van der Waals surface area contributed by atoms with E-state index in [0.717, 1.165) is 38.0 Å². The van der Waals surface area contributed by atoms with E-state index in [0.29, 0.717) is 6.54 Å². The molecule has 0 radical (unpaired) electrons. The Morgan fingerprint density at radius 1 is 1.13 bits per heavy atom. The van der Waals surface area contributed by atoms with E-state index in [9.17, 15) is 0 Å². The molecule has 116 valence electrons. The van der Waals surface area contributed by atoms with Crippen LogP contribution in [-0.4, -0.2) is 21.6 Å². The Bertz CT molecular complexity index is 989. The van der Waals surface area contributed by atoms with Crippen LogP contribution in [0, 0.1) is 0 Å². The predicted octanol–water partition coefficient (Wildman–Crippen LogP) is 3.80. The number of para-hydroxylation sites is 2. The number of imidazole rings is 1. The topological polar surface area (TPSA) is 52.0 Å². The van der Waals surface area contributed by atoms with Crippen LogP contribution in [0.15, 0.2) is 42.5 Å². The Morgan fingerprint density at radius 3 is 2.83 bits per heavy atom. The van der Waals surface area contributed by atoms with Crippen molar-refractivity contribution in [1.29, 1.82) is 0 Å². The molecule has 1 N–H and O–H groups in total. The van der Waals surface area contributed by atoms with Gasteiger partial charge in [0.05, 0.1) is 34.9 Å². The number of aryl methyl sites for hydroxylation is 1. The maximum atomic E-state index is 5.26. The Balaban J connectivity index is 1.59. The molecule has 23 heavy (non-hydrogen) atoms. The first-order valence-electron chi connectivity index (χ1n) is 7.33. The lowest BCUT2D eigenvalue weighted by molar-refractivity contribution is 0.415. The van der Waals surface area contributed by atoms with Gasteiger partial charge >= 0.3 is 0 Å². The molecule has 4 aromatic rings. The fraction of sp³-hybridized carbons (Fsp3) is 0.176. The van der Waals surface area contributed by atoms with Crippen molar-refractivity contribution >= 4 is 37.7 Å². The van der Waals surface area contributed by atoms with Crippen LogP contribution in [0.4, 0.5) is 5.13 Å². The van der Waals surface area contributed by atoms with Crippen LogP contribution in [0.3, 0.4) is 0 Å². The molecule has 0 saturated heterocycles. The second kappa shape index (κ2) is 5.55. The van der Waals surface area contributed by atoms with Crippen molar-refractivity contribution in [2.75, 3.05) is 12.4 Å². The summed E-state index contributed by atoms with van der Waals surface area (Å²) in [6.45, 7) is 0.641. The molecule has 0 fully saturated rings. The Labute approximate surface area is 137 Å². The normalized spacial score (nSPS) is 11.2. The first-order chi connectivity index (χ1) is 11.2. The molecular weight excluding hydrogens is 308 g/mol. The SMILES string of the molecule is COc1ccc2nc(NCc3nc4ccccc4n3C)sc2c1. The summed E-state index contributed by atoms with van der Waals surface area (Å²) in [4.78, 5) is 9.27. The maximum absolute atomic E-state index is 5.26. The van der Waals surface area contributed by atoms with Gasteiger partial charge < -0.3 is 14.6 Å². The fourth-order valence-corrected chi connectivity index (χ4v) is 3.51. The molecule has 5 nitrogen and oxygen atoms in total. The van der Waals surface area contributed by atoms with Crippen molar-refractivity contribution in [3.8, 4) is 5.75 Å². The van der Waals surface area contributed by atoms with Gasteiger partial charge in [-0.2, -0.15) is 0 Å². The van der Waals surface area contributed by atoms with Gasteiger partial charge in [0.25, 0.3) is 0 Å². The second-order valence-electron chi connectivity index (χ2n) is 5.28. The van der Waals surface area contributed by atoms with E-state index >= 15 is 0 Å². The van der Waals surface area contributed by atoms with Crippen molar-refractivity contribution in [2.45, 2.75) is 6.54 Å². The minimum atomic E-state index is 0.641. The van der Waals surface area contributed by atoms with E-state index in [1.54, 1.807) is 18.4 Å². The zero-order valence-corrected chi connectivity index (χ0v) is 13.7. The van der Waals surface area contributed by atoms with Crippen molar-refractivity contribution in [2.24, 2.45) is 7.05 Å². The number of fused-ring (bicyclic) bond motifs is 2. The number of rotatable bonds is 4. The van der Waals surface area contributed by atoms with E-state index in [1.807, 2.05) is 43.4 Å². The minimum Gasteiger partial charge on any atom is -0.497 e. The summed E-state index contributed by atoms with van der Waals surface area (Å²) in [5, 5.41) is 4.26. The summed E-state index contributed by atoms with van der Waals surface area (Å²) in [5.74, 6) is 1.84. The van der Waals surface area contributed by atoms with E-state index in [4.69, 9.17) is 4.74 Å². The van der Waals surface area contributed by atoms with Gasteiger partial charge in [-0.15, -0.1) is 0 Å². The molecule has 0 aliphatic heterocycles. The van der Waals surface area contributed by atoms with Crippen molar-refractivity contribution in [3.05, 3.63) is 48.3 Å². The van der Waals surface area contributed by atoms with Gasteiger partial charge in [0, 0.05) is 7.05 Å². The molecule has 2 aromatic carbocycles. The van der Waals surface area contributed by atoms with E-state index in [-0.39, 0.29) is 0 Å². The third-order valence-electron chi connectivity index (χ3n) is 3.87. The number of methoxy groups -OCH3 is 1. The Hall–Kier alpha value is -2.60. The average molecular weight is 324 g/mol. The van der Waals surface area contributed by atoms with Crippen LogP contribution in [0.5, 0.6) is 5.75 Å². The highest BCUT2D eigenvalue weighted by Crippen LogP contribution is 2.29. The molecule has 0 aliphatic rings. The maximum Gasteiger partial charge on any atom is 0.184 e. The summed E-state index contributed by atoms with van der Waals surface area (Å²) in [6, 6.07) is 14.1. The number of anilines is 1. The average Bonchev–Trinajstić information content (AvgIpc) is 3.13. The van der Waals surface area contributed by atoms with Gasteiger partial charge in [0.2, 0.25) is 0 Å². The molecular formula is C17H16N4OS. The van der Waals surface area contributed by atoms with Crippen LogP contribution in [0.2, 0.25) is 0 Å². The number of thiazole rings is 1. The van der Waals surface area contributed by atoms with Crippen LogP contribution in [-0.2, 0) is 13.6 Å². The number of nitrogens with one attached hydrogen (secondary N) is 1. The van der Waals surface area contributed by atoms with E-state index in [1.165, 1.54) is 0 Å². The number of aromatic nitrogens is 3. The van der Waals surface area contributed by atoms with E-state index in [2.05, 4.69) is 25.9 Å². The fourth-order valence-electron chi connectivity index (χ4n) is 2.62. The van der Waals surface area contributed by atoms with Crippen LogP contribution >= 0.6 is 11.3 Å². The highest BCUT2D eigenvalue weighted by Gasteiger charge is 2.09. The van der Waals surface area contributed by atoms with Gasteiger partial charge in [-0.3, -0.25) is 0 Å². The van der Waals surface area contributed by atoms with Crippen LogP contribution < -0.4 is 10.1 Å². The lowest BCUT2D eigenvalue weighted by atomic mass is 10.3. The summed E-state index contributed by atoms with van der Waals surface area (Å²) in [7, 11) is 3.71. The van der Waals surface area contributed by atoms with Gasteiger partial charge in [0.1, 0.15) is 11.6 Å². The molecule has 0 amide bonds. The van der Waals surface area contributed by atoms with Gasteiger partial charge in [0.15, 0.2) is 5.13 Å². The zero-order valence-electron chi connectivity index (χ0n) is 12.9. The number of hydrogen-bond acceptors (Lipinski definition) is 5. The van der Waals surface area contributed by atoms with Gasteiger partial charge in [-0.05, 0) is 30.3 Å². The first-order valence-corrected chi connectivity index (χ1v) is 8.15. The molecule has 4 rings (SSSR count). The summed E-state index contributed by atoms with van der Waals surface area (Å²) < 4.78 is 8.47. The molecule has 2 aromatic heterocycles. The highest BCUT2D eigenvalue weighted by molar-refractivity contribution is 7.22. The molecule has 0 saturated carbocycles. The first kappa shape index (κ1) is 14.0. The van der Waals surface area contributed by atoms with Crippen LogP contribution in [0.25, 0.3) is 21.3 Å². The second-order valence-corrected chi connectivity index (χ2v) is 6.31. The zero-order chi connectivity index (χ0) is 15.8. The van der Waals surface area contributed by atoms with Gasteiger partial charge in [-0.25, -0.2) is 9.97 Å². The summed E-state index contributed by atoms with van der Waals surface area (Å²) in [5.41, 5.74) is 3.13. The number of benzene rings is 2. The molecule has 0 atom stereocenters. The molecule has 6 heteroatoms. The third-order valence-corrected chi connectivity index (χ3v) is 4.85.